The van der Waals surface area contributed by atoms with Gasteiger partial charge in [0.05, 0.1) is 12.2 Å². The average Bonchev–Trinajstić information content (AvgIpc) is 3.62. The molecule has 1 heterocycles. The van der Waals surface area contributed by atoms with Crippen molar-refractivity contribution < 1.29 is 30.3 Å². The van der Waals surface area contributed by atoms with Gasteiger partial charge in [0.25, 0.3) is 0 Å². The van der Waals surface area contributed by atoms with E-state index in [2.05, 4.69) is 30.3 Å². The zero-order valence-electron chi connectivity index (χ0n) is 19.4. The molecule has 0 spiro atoms. The second-order valence-electron chi connectivity index (χ2n) is 10.3. The second kappa shape index (κ2) is 9.82. The second-order valence-corrected chi connectivity index (χ2v) is 10.3. The fourth-order valence-electron chi connectivity index (χ4n) is 4.62. The van der Waals surface area contributed by atoms with Gasteiger partial charge >= 0.3 is 0 Å². The molecule has 2 fully saturated rings. The summed E-state index contributed by atoms with van der Waals surface area (Å²) in [6.45, 7) is 3.21. The Bertz CT molecular complexity index is 929. The largest absolute Gasteiger partial charge is 0.394 e. The quantitative estimate of drug-likeness (QED) is 0.417. The monoisotopic (exact) mass is 456 g/mol. The normalized spacial score (nSPS) is 28.2. The van der Waals surface area contributed by atoms with Crippen LogP contribution in [0, 0.1) is 0 Å². The van der Waals surface area contributed by atoms with Gasteiger partial charge in [0.15, 0.2) is 0 Å². The molecule has 6 heteroatoms. The van der Waals surface area contributed by atoms with Crippen molar-refractivity contribution in [3.8, 4) is 0 Å². The molecule has 1 aliphatic heterocycles. The molecule has 1 aliphatic carbocycles. The number of aliphatic hydroxyl groups is 5. The Balaban J connectivity index is 1.55. The predicted molar refractivity (Wildman–Crippen MR) is 125 cm³/mol. The number of benzene rings is 2. The van der Waals surface area contributed by atoms with Gasteiger partial charge < -0.3 is 30.3 Å². The maximum atomic E-state index is 10.5. The molecule has 0 unspecified atom stereocenters. The van der Waals surface area contributed by atoms with Gasteiger partial charge in [-0.3, -0.25) is 0 Å². The van der Waals surface area contributed by atoms with E-state index in [4.69, 9.17) is 4.74 Å². The Morgan fingerprint density at radius 3 is 2.18 bits per heavy atom. The first kappa shape index (κ1) is 24.3. The minimum absolute atomic E-state index is 0.436. The van der Waals surface area contributed by atoms with Gasteiger partial charge in [-0.1, -0.05) is 42.5 Å². The van der Waals surface area contributed by atoms with Crippen LogP contribution in [0.4, 0.5) is 0 Å². The van der Waals surface area contributed by atoms with E-state index in [0.717, 1.165) is 24.0 Å². The highest BCUT2D eigenvalue weighted by atomic mass is 16.5. The lowest BCUT2D eigenvalue weighted by Crippen LogP contribution is -2.55. The third-order valence-electron chi connectivity index (χ3n) is 6.85. The van der Waals surface area contributed by atoms with Gasteiger partial charge in [-0.15, -0.1) is 0 Å². The number of hydrogen-bond donors (Lipinski definition) is 5. The summed E-state index contributed by atoms with van der Waals surface area (Å²) < 4.78 is 5.78. The van der Waals surface area contributed by atoms with E-state index >= 15 is 0 Å². The molecule has 0 bridgehead atoms. The summed E-state index contributed by atoms with van der Waals surface area (Å²) in [5, 5.41) is 50.3. The van der Waals surface area contributed by atoms with Crippen molar-refractivity contribution in [3.63, 3.8) is 0 Å². The Morgan fingerprint density at radius 2 is 1.58 bits per heavy atom. The zero-order valence-corrected chi connectivity index (χ0v) is 19.4. The highest BCUT2D eigenvalue weighted by Crippen LogP contribution is 2.43. The number of aryl methyl sites for hydroxylation is 1. The van der Waals surface area contributed by atoms with Gasteiger partial charge in [0.1, 0.15) is 30.5 Å². The molecular weight excluding hydrogens is 420 g/mol. The Kier molecular flexibility index (Phi) is 7.24. The van der Waals surface area contributed by atoms with E-state index in [0.29, 0.717) is 12.3 Å². The fraction of sp³-hybridized carbons (Fsp3) is 0.556. The molecule has 0 amide bonds. The van der Waals surface area contributed by atoms with E-state index < -0.39 is 42.7 Å². The first-order chi connectivity index (χ1) is 15.7. The van der Waals surface area contributed by atoms with Crippen molar-refractivity contribution in [1.29, 1.82) is 0 Å². The number of rotatable bonds is 8. The van der Waals surface area contributed by atoms with Crippen molar-refractivity contribution >= 4 is 0 Å². The molecule has 33 heavy (non-hydrogen) atoms. The maximum Gasteiger partial charge on any atom is 0.113 e. The van der Waals surface area contributed by atoms with Gasteiger partial charge in [-0.25, -0.2) is 0 Å². The molecule has 6 nitrogen and oxygen atoms in total. The van der Waals surface area contributed by atoms with Crippen LogP contribution in [0.2, 0.25) is 0 Å². The fourth-order valence-corrected chi connectivity index (χ4v) is 4.62. The maximum absolute atomic E-state index is 10.5. The van der Waals surface area contributed by atoms with Crippen molar-refractivity contribution in [3.05, 3.63) is 70.3 Å². The van der Waals surface area contributed by atoms with Crippen LogP contribution in [-0.4, -0.2) is 62.2 Å². The lowest BCUT2D eigenvalue weighted by molar-refractivity contribution is -0.231. The van der Waals surface area contributed by atoms with Crippen molar-refractivity contribution in [1.82, 2.24) is 0 Å². The van der Waals surface area contributed by atoms with Crippen LogP contribution in [0.1, 0.15) is 72.9 Å². The third kappa shape index (κ3) is 5.83. The van der Waals surface area contributed by atoms with Crippen LogP contribution in [0.15, 0.2) is 42.5 Å². The van der Waals surface area contributed by atoms with Gasteiger partial charge in [0.2, 0.25) is 0 Å². The number of ether oxygens (including phenoxy) is 1. The summed E-state index contributed by atoms with van der Waals surface area (Å²) in [7, 11) is 0. The van der Waals surface area contributed by atoms with Crippen LogP contribution < -0.4 is 0 Å². The minimum Gasteiger partial charge on any atom is -0.394 e. The summed E-state index contributed by atoms with van der Waals surface area (Å²) in [6.07, 6.45) is -1.16. The third-order valence-corrected chi connectivity index (χ3v) is 6.85. The number of aliphatic hydroxyl groups excluding tert-OH is 4. The first-order valence-corrected chi connectivity index (χ1v) is 11.9. The van der Waals surface area contributed by atoms with Crippen LogP contribution in [0.3, 0.4) is 0 Å². The molecule has 5 atom stereocenters. The summed E-state index contributed by atoms with van der Waals surface area (Å²) in [4.78, 5) is 0. The van der Waals surface area contributed by atoms with Crippen molar-refractivity contribution in [2.45, 2.75) is 88.0 Å². The molecular formula is C27H36O6. The van der Waals surface area contributed by atoms with Gasteiger partial charge in [-0.05, 0) is 79.7 Å². The van der Waals surface area contributed by atoms with Crippen LogP contribution >= 0.6 is 0 Å². The molecule has 2 aromatic carbocycles. The van der Waals surface area contributed by atoms with Gasteiger partial charge in [-0.2, -0.15) is 0 Å². The standard InChI is InChI=1S/C27H36O6/c1-27(2,32)12-11-16-3-5-17(6-4-16)13-20-14-19(9-10-21(20)18-7-8-18)26-25(31)24(30)23(29)22(15-28)33-26/h3-6,9-10,14,18,22-26,28-32H,7-8,11-13,15H2,1-2H3/t22-,23-,24+,25-,26+/m1/s1. The van der Waals surface area contributed by atoms with Gasteiger partial charge in [0, 0.05) is 0 Å². The Labute approximate surface area is 195 Å². The van der Waals surface area contributed by atoms with Crippen LogP contribution in [-0.2, 0) is 17.6 Å². The lowest BCUT2D eigenvalue weighted by Gasteiger charge is -2.40. The Morgan fingerprint density at radius 1 is 0.909 bits per heavy atom. The average molecular weight is 457 g/mol. The molecule has 5 N–H and O–H groups in total. The summed E-state index contributed by atoms with van der Waals surface area (Å²) >= 11 is 0. The topological polar surface area (TPSA) is 110 Å². The number of hydrogen-bond acceptors (Lipinski definition) is 6. The van der Waals surface area contributed by atoms with Crippen molar-refractivity contribution in [2.75, 3.05) is 6.61 Å². The molecule has 0 aromatic heterocycles. The SMILES string of the molecule is CC(C)(O)CCc1ccc(Cc2cc([C@@H]3O[C@H](CO)[C@@H](O)[C@H](O)[C@H]3O)ccc2C2CC2)cc1. The molecule has 2 aliphatic rings. The van der Waals surface area contributed by atoms with E-state index in [1.807, 2.05) is 26.0 Å². The first-order valence-electron chi connectivity index (χ1n) is 11.9. The van der Waals surface area contributed by atoms with E-state index in [1.165, 1.54) is 29.5 Å². The summed E-state index contributed by atoms with van der Waals surface area (Å²) in [5.74, 6) is 0.551. The summed E-state index contributed by atoms with van der Waals surface area (Å²) in [5.41, 5.74) is 4.88. The van der Waals surface area contributed by atoms with Crippen LogP contribution in [0.5, 0.6) is 0 Å². The molecule has 0 radical (unpaired) electrons. The van der Waals surface area contributed by atoms with Crippen molar-refractivity contribution in [2.24, 2.45) is 0 Å². The van der Waals surface area contributed by atoms with E-state index in [-0.39, 0.29) is 0 Å². The van der Waals surface area contributed by atoms with E-state index in [1.54, 1.807) is 0 Å². The highest BCUT2D eigenvalue weighted by Gasteiger charge is 2.44. The molecule has 180 valence electrons. The Hall–Kier alpha value is -1.80. The highest BCUT2D eigenvalue weighted by molar-refractivity contribution is 5.41. The molecule has 2 aromatic rings. The molecule has 1 saturated heterocycles. The lowest BCUT2D eigenvalue weighted by atomic mass is 9.88. The predicted octanol–water partition coefficient (Wildman–Crippen LogP) is 2.37. The smallest absolute Gasteiger partial charge is 0.113 e. The molecule has 4 rings (SSSR count). The van der Waals surface area contributed by atoms with Crippen LogP contribution in [0.25, 0.3) is 0 Å². The van der Waals surface area contributed by atoms with E-state index in [9.17, 15) is 25.5 Å². The zero-order chi connectivity index (χ0) is 23.8. The summed E-state index contributed by atoms with van der Waals surface area (Å²) in [6, 6.07) is 14.5. The minimum atomic E-state index is -1.39. The molecule has 1 saturated carbocycles.